The molecule has 0 heterocycles. The highest BCUT2D eigenvalue weighted by Crippen LogP contribution is 2.39. The standard InChI is InChI=1S/C6H16NO3P.C4H9NO5P.C3H9NO3P.CH4O3P.4CH4/c1-7(2,3)5-6-10-11(4,8)9;1-11(8,9)10-2-3(5)4(6)7;1-8(5,6)7-3-2-4;1-5(2,3)4;;;;/h4-6H2,1-3H3,(H,8,9);3H,1-2,5H2,(H,6,7)(H,8,9);1-4H2,(H,5,6);1H2,(H2,2,3,4);4*1H4/q;3*-1;;;;/p+2. The quantitative estimate of drug-likeness (QED) is 0.0873. The lowest BCUT2D eigenvalue weighted by Crippen LogP contribution is -2.67. The third-order valence-corrected chi connectivity index (χ3v) is 4.04. The number of aliphatic carboxylic acids is 1. The number of hydrogen-bond donors (Lipinski definition) is 8. The summed E-state index contributed by atoms with van der Waals surface area (Å²) >= 11 is 0. The van der Waals surface area contributed by atoms with Crippen LogP contribution in [0.4, 0.5) is 0 Å². The molecule has 12 N–H and O–H groups in total. The zero-order valence-corrected chi connectivity index (χ0v) is 23.6. The summed E-state index contributed by atoms with van der Waals surface area (Å²) in [6.45, 7) is 12.3. The summed E-state index contributed by atoms with van der Waals surface area (Å²) < 4.78 is 54.1. The van der Waals surface area contributed by atoms with Crippen molar-refractivity contribution >= 4 is 36.4 Å². The van der Waals surface area contributed by atoms with Crippen LogP contribution in [0, 0.1) is 26.7 Å². The van der Waals surface area contributed by atoms with E-state index >= 15 is 0 Å². The molecule has 39 heavy (non-hydrogen) atoms. The molecule has 0 aromatic rings. The molecule has 0 saturated heterocycles. The minimum absolute atomic E-state index is 0. The average Bonchev–Trinajstić information content (AvgIpc) is 2.53. The van der Waals surface area contributed by atoms with Gasteiger partial charge in [0.2, 0.25) is 6.04 Å². The Morgan fingerprint density at radius 1 is 0.769 bits per heavy atom. The largest absolute Gasteiger partial charge is 0.477 e. The molecule has 4 atom stereocenters. The number of hydrogen-bond acceptors (Lipinski definition) is 8. The van der Waals surface area contributed by atoms with Gasteiger partial charge in [0.1, 0.15) is 26.4 Å². The van der Waals surface area contributed by atoms with Crippen LogP contribution < -0.4 is 11.5 Å². The van der Waals surface area contributed by atoms with Gasteiger partial charge in [-0.05, 0) is 0 Å². The number of likely N-dealkylation sites (N-methyl/N-ethyl adjacent to an activating group) is 1. The van der Waals surface area contributed by atoms with Crippen LogP contribution in [0.5, 0.6) is 0 Å². The fourth-order valence-corrected chi connectivity index (χ4v) is 2.14. The van der Waals surface area contributed by atoms with E-state index in [4.69, 9.17) is 29.6 Å². The van der Waals surface area contributed by atoms with Crippen LogP contribution in [0.25, 0.3) is 0 Å². The fraction of sp³-hybridized carbons (Fsp3) is 0.722. The van der Waals surface area contributed by atoms with Gasteiger partial charge in [0, 0.05) is 0 Å². The Hall–Kier alpha value is -0.0500. The van der Waals surface area contributed by atoms with E-state index in [1.807, 2.05) is 21.1 Å². The summed E-state index contributed by atoms with van der Waals surface area (Å²) in [6, 6.07) is -1.04. The van der Waals surface area contributed by atoms with Gasteiger partial charge in [-0.2, -0.15) is 0 Å². The van der Waals surface area contributed by atoms with Crippen molar-refractivity contribution in [2.24, 2.45) is 0 Å². The van der Waals surface area contributed by atoms with Gasteiger partial charge in [-0.1, -0.05) is 29.7 Å². The third-order valence-electron chi connectivity index (χ3n) is 2.32. The van der Waals surface area contributed by atoms with Gasteiger partial charge < -0.3 is 59.1 Å². The minimum Gasteiger partial charge on any atom is -0.477 e. The first-order valence-electron chi connectivity index (χ1n) is 9.10. The Morgan fingerprint density at radius 3 is 1.23 bits per heavy atom. The molecule has 0 amide bonds. The molecule has 17 nitrogen and oxygen atoms in total. The number of nitrogens with zero attached hydrogens (tertiary/aromatic N) is 1. The maximum atomic E-state index is 10.5. The van der Waals surface area contributed by atoms with Crippen LogP contribution in [0.1, 0.15) is 29.7 Å². The van der Waals surface area contributed by atoms with Crippen LogP contribution in [0.3, 0.4) is 0 Å². The van der Waals surface area contributed by atoms with Crippen LogP contribution >= 0.6 is 30.4 Å². The number of carboxylic acids is 1. The second-order valence-electron chi connectivity index (χ2n) is 7.44. The lowest BCUT2D eigenvalue weighted by atomic mass is 10.3. The molecule has 0 aliphatic heterocycles. The molecule has 0 fully saturated rings. The van der Waals surface area contributed by atoms with Gasteiger partial charge in [-0.3, -0.25) is 18.3 Å². The summed E-state index contributed by atoms with van der Waals surface area (Å²) in [6.07, 6.45) is 0. The van der Waals surface area contributed by atoms with Crippen LogP contribution in [-0.4, -0.2) is 100 Å². The Balaban J connectivity index is -0.0000000546. The van der Waals surface area contributed by atoms with Crippen molar-refractivity contribution in [1.29, 1.82) is 0 Å². The van der Waals surface area contributed by atoms with Crippen LogP contribution in [0.2, 0.25) is 0 Å². The minimum atomic E-state index is -3.89. The van der Waals surface area contributed by atoms with E-state index in [0.717, 1.165) is 0 Å². The highest BCUT2D eigenvalue weighted by Gasteiger charge is 2.17. The van der Waals surface area contributed by atoms with Gasteiger partial charge in [0.25, 0.3) is 0 Å². The summed E-state index contributed by atoms with van der Waals surface area (Å²) in [5.41, 5.74) is 6.56. The van der Waals surface area contributed by atoms with Crippen molar-refractivity contribution in [3.63, 3.8) is 0 Å². The van der Waals surface area contributed by atoms with Gasteiger partial charge in [-0.15, -0.1) is 0 Å². The molecule has 0 saturated carbocycles. The van der Waals surface area contributed by atoms with Crippen LogP contribution in [0.15, 0.2) is 0 Å². The summed E-state index contributed by atoms with van der Waals surface area (Å²) in [7, 11) is -8.74. The number of carbonyl (C=O) groups is 1. The Kier molecular flexibility index (Phi) is 40.3. The first-order valence-corrected chi connectivity index (χ1v) is 16.2. The molecule has 0 aromatic heterocycles. The fourth-order valence-electron chi connectivity index (χ4n) is 0.942. The SMILES string of the molecule is C.C.C.C.[CH2-]P(=O)(O)O.[CH2-]P(=O)(O)OCC([NH3+])C(=O)O.[CH2-]P(=O)(O)OCC[N+](C)(C)C.[CH2-]P(=O)(O)OCC[NH3+]. The average molecular weight is 663 g/mol. The summed E-state index contributed by atoms with van der Waals surface area (Å²) in [5, 5.41) is 8.24. The smallest absolute Gasteiger partial charge is 0.364 e. The normalized spacial score (nSPS) is 15.5. The highest BCUT2D eigenvalue weighted by molar-refractivity contribution is 7.54. The first-order chi connectivity index (χ1) is 15.1. The molecule has 0 aliphatic rings. The molecule has 0 spiro atoms. The van der Waals surface area contributed by atoms with Gasteiger partial charge in [0.05, 0.1) is 27.7 Å². The van der Waals surface area contributed by atoms with Crippen molar-refractivity contribution in [3.05, 3.63) is 26.7 Å². The molecule has 4 unspecified atom stereocenters. The molecular weight excluding hydrogens is 606 g/mol. The monoisotopic (exact) mass is 662 g/mol. The van der Waals surface area contributed by atoms with Crippen molar-refractivity contribution in [2.75, 3.05) is 54.1 Å². The molecule has 0 aliphatic carbocycles. The third kappa shape index (κ3) is 93.1. The second kappa shape index (κ2) is 26.8. The molecule has 0 rings (SSSR count). The molecule has 248 valence electrons. The Morgan fingerprint density at radius 2 is 1.05 bits per heavy atom. The van der Waals surface area contributed by atoms with E-state index in [2.05, 4.69) is 51.7 Å². The van der Waals surface area contributed by atoms with Gasteiger partial charge in [0.15, 0.2) is 30.4 Å². The predicted molar refractivity (Wildman–Crippen MR) is 153 cm³/mol. The number of quaternary nitrogens is 3. The van der Waals surface area contributed by atoms with Gasteiger partial charge >= 0.3 is 5.97 Å². The molecule has 21 heteroatoms. The molecule has 0 aromatic carbocycles. The lowest BCUT2D eigenvalue weighted by molar-refractivity contribution is -0.870. The number of rotatable bonds is 11. The van der Waals surface area contributed by atoms with E-state index in [9.17, 15) is 23.1 Å². The Labute approximate surface area is 235 Å². The topological polar surface area (TPSA) is 290 Å². The maximum Gasteiger partial charge on any atom is 0.364 e. The molecule has 0 radical (unpaired) electrons. The van der Waals surface area contributed by atoms with E-state index in [1.54, 1.807) is 0 Å². The van der Waals surface area contributed by atoms with E-state index in [1.165, 1.54) is 0 Å². The molecular formula is C18H56N3O14P4-. The van der Waals surface area contributed by atoms with Crippen molar-refractivity contribution < 1.29 is 82.1 Å². The van der Waals surface area contributed by atoms with E-state index in [-0.39, 0.29) is 42.9 Å². The number of carboxylic acid groups (broad SMARTS) is 1. The highest BCUT2D eigenvalue weighted by atomic mass is 31.2. The van der Waals surface area contributed by atoms with Crippen molar-refractivity contribution in [2.45, 2.75) is 35.7 Å². The zero-order valence-electron chi connectivity index (χ0n) is 20.0. The Bertz CT molecular complexity index is 748. The van der Waals surface area contributed by atoms with Crippen molar-refractivity contribution in [3.8, 4) is 0 Å². The molecule has 0 bridgehead atoms. The van der Waals surface area contributed by atoms with E-state index in [0.29, 0.717) is 17.6 Å². The maximum absolute atomic E-state index is 10.5. The first kappa shape index (κ1) is 58.6. The zero-order chi connectivity index (χ0) is 29.3. The van der Waals surface area contributed by atoms with Crippen molar-refractivity contribution in [1.82, 2.24) is 0 Å². The van der Waals surface area contributed by atoms with Crippen LogP contribution in [-0.2, 0) is 36.6 Å². The predicted octanol–water partition coefficient (Wildman–Crippen LogP) is 1.08. The second-order valence-corrected chi connectivity index (χ2v) is 13.4. The van der Waals surface area contributed by atoms with E-state index < -0.39 is 49.0 Å². The lowest BCUT2D eigenvalue weighted by Gasteiger charge is -2.24. The summed E-state index contributed by atoms with van der Waals surface area (Å²) in [4.78, 5) is 50.5. The van der Waals surface area contributed by atoms with Gasteiger partial charge in [-0.25, -0.2) is 31.5 Å². The summed E-state index contributed by atoms with van der Waals surface area (Å²) in [5.74, 6) is -1.18.